The van der Waals surface area contributed by atoms with Gasteiger partial charge in [-0.15, -0.1) is 0 Å². The van der Waals surface area contributed by atoms with Gasteiger partial charge in [0.1, 0.15) is 11.6 Å². The number of nitrogens with one attached hydrogen (secondary N) is 1. The van der Waals surface area contributed by atoms with Gasteiger partial charge in [-0.05, 0) is 68.5 Å². The summed E-state index contributed by atoms with van der Waals surface area (Å²) in [7, 11) is 1.67. The van der Waals surface area contributed by atoms with Crippen LogP contribution in [0.5, 0.6) is 0 Å². The van der Waals surface area contributed by atoms with Gasteiger partial charge in [0.15, 0.2) is 0 Å². The van der Waals surface area contributed by atoms with Gasteiger partial charge in [-0.25, -0.2) is 4.79 Å². The maximum atomic E-state index is 13.0. The predicted octanol–water partition coefficient (Wildman–Crippen LogP) is 3.18. The summed E-state index contributed by atoms with van der Waals surface area (Å²) < 4.78 is 8.41. The van der Waals surface area contributed by atoms with Crippen LogP contribution in [-0.4, -0.2) is 32.5 Å². The smallest absolute Gasteiger partial charge is 0.329 e. The summed E-state index contributed by atoms with van der Waals surface area (Å²) in [5.41, 5.74) is 4.28. The minimum atomic E-state index is -0.714. The molecule has 1 N–H and O–H groups in total. The van der Waals surface area contributed by atoms with Gasteiger partial charge >= 0.3 is 11.7 Å². The topological polar surface area (TPSA) is 99.4 Å². The van der Waals surface area contributed by atoms with E-state index in [0.29, 0.717) is 17.5 Å². The normalized spacial score (nSPS) is 16.6. The quantitative estimate of drug-likeness (QED) is 0.473. The van der Waals surface area contributed by atoms with E-state index in [1.165, 1.54) is 9.13 Å². The average Bonchev–Trinajstić information content (AvgIpc) is 2.97. The number of ether oxygens (including phenoxy) is 1. The summed E-state index contributed by atoms with van der Waals surface area (Å²) in [4.78, 5) is 49.1. The van der Waals surface area contributed by atoms with E-state index in [2.05, 4.69) is 5.32 Å². The van der Waals surface area contributed by atoms with Gasteiger partial charge in [0.25, 0.3) is 0 Å². The van der Waals surface area contributed by atoms with Crippen LogP contribution in [0.1, 0.15) is 50.8 Å². The standard InChI is InChI=1S/C26H29N3O5/c1-15-12-16(13-23(31)34-26(2,3)4)6-8-18(15)17-7-9-19-21(14-17)28(5)25(33)29(19)20-10-11-22(30)27-24(20)32/h6-9,12,14,20H,10-11,13H2,1-5H3,(H,27,30,32). The first-order valence-electron chi connectivity index (χ1n) is 11.3. The van der Waals surface area contributed by atoms with E-state index in [-0.39, 0.29) is 30.4 Å². The molecule has 34 heavy (non-hydrogen) atoms. The molecule has 8 heteroatoms. The van der Waals surface area contributed by atoms with Crippen LogP contribution in [0.15, 0.2) is 41.2 Å². The van der Waals surface area contributed by atoms with Gasteiger partial charge in [0.05, 0.1) is 17.5 Å². The second-order valence-electron chi connectivity index (χ2n) is 9.79. The Hall–Kier alpha value is -3.68. The van der Waals surface area contributed by atoms with Crippen molar-refractivity contribution in [2.24, 2.45) is 7.05 Å². The molecular weight excluding hydrogens is 434 g/mol. The second kappa shape index (κ2) is 8.59. The molecule has 2 heterocycles. The molecule has 1 atom stereocenters. The van der Waals surface area contributed by atoms with Crippen molar-refractivity contribution in [2.45, 2.75) is 58.6 Å². The van der Waals surface area contributed by atoms with Crippen molar-refractivity contribution in [1.29, 1.82) is 0 Å². The van der Waals surface area contributed by atoms with Gasteiger partial charge in [0, 0.05) is 13.5 Å². The Morgan fingerprint density at radius 1 is 1.09 bits per heavy atom. The number of aryl methyl sites for hydroxylation is 2. The maximum absolute atomic E-state index is 13.0. The first-order chi connectivity index (χ1) is 15.9. The highest BCUT2D eigenvalue weighted by Crippen LogP contribution is 2.30. The molecule has 0 bridgehead atoms. The van der Waals surface area contributed by atoms with E-state index in [9.17, 15) is 19.2 Å². The van der Waals surface area contributed by atoms with E-state index in [1.807, 2.05) is 64.1 Å². The number of hydrogen-bond acceptors (Lipinski definition) is 5. The van der Waals surface area contributed by atoms with Crippen LogP contribution in [-0.2, 0) is 32.6 Å². The molecule has 1 aromatic heterocycles. The van der Waals surface area contributed by atoms with E-state index < -0.39 is 17.6 Å². The Bertz CT molecular complexity index is 1370. The van der Waals surface area contributed by atoms with Gasteiger partial charge < -0.3 is 4.74 Å². The number of piperidine rings is 1. The van der Waals surface area contributed by atoms with E-state index in [4.69, 9.17) is 4.74 Å². The molecule has 0 saturated carbocycles. The average molecular weight is 464 g/mol. The monoisotopic (exact) mass is 463 g/mol. The summed E-state index contributed by atoms with van der Waals surface area (Å²) in [5.74, 6) is -1.04. The Balaban J connectivity index is 1.67. The molecule has 4 rings (SSSR count). The number of imidazole rings is 1. The minimum Gasteiger partial charge on any atom is -0.460 e. The molecule has 8 nitrogen and oxygen atoms in total. The highest BCUT2D eigenvalue weighted by atomic mass is 16.6. The number of carbonyl (C=O) groups is 3. The largest absolute Gasteiger partial charge is 0.460 e. The summed E-state index contributed by atoms with van der Waals surface area (Å²) in [5, 5.41) is 2.32. The first-order valence-corrected chi connectivity index (χ1v) is 11.3. The summed E-state index contributed by atoms with van der Waals surface area (Å²) in [6, 6.07) is 10.8. The maximum Gasteiger partial charge on any atom is 0.329 e. The van der Waals surface area contributed by atoms with Crippen LogP contribution >= 0.6 is 0 Å². The van der Waals surface area contributed by atoms with Gasteiger partial charge in [-0.3, -0.25) is 28.8 Å². The lowest BCUT2D eigenvalue weighted by molar-refractivity contribution is -0.154. The fourth-order valence-electron chi connectivity index (χ4n) is 4.46. The minimum absolute atomic E-state index is 0.195. The van der Waals surface area contributed by atoms with Crippen molar-refractivity contribution in [3.05, 3.63) is 58.0 Å². The molecule has 2 amide bonds. The van der Waals surface area contributed by atoms with Crippen molar-refractivity contribution in [2.75, 3.05) is 0 Å². The fourth-order valence-corrected chi connectivity index (χ4v) is 4.46. The number of amides is 2. The first kappa shape index (κ1) is 23.5. The van der Waals surface area contributed by atoms with Gasteiger partial charge in [0.2, 0.25) is 11.8 Å². The number of rotatable bonds is 4. The zero-order valence-corrected chi connectivity index (χ0v) is 20.1. The SMILES string of the molecule is Cc1cc(CC(=O)OC(C)(C)C)ccc1-c1ccc2c(c1)n(C)c(=O)n2C1CCC(=O)NC1=O. The van der Waals surface area contributed by atoms with Crippen LogP contribution < -0.4 is 11.0 Å². The molecular formula is C26H29N3O5. The highest BCUT2D eigenvalue weighted by molar-refractivity contribution is 6.00. The lowest BCUT2D eigenvalue weighted by Crippen LogP contribution is -2.44. The molecule has 1 saturated heterocycles. The Morgan fingerprint density at radius 2 is 1.82 bits per heavy atom. The molecule has 2 aromatic carbocycles. The van der Waals surface area contributed by atoms with Crippen LogP contribution in [0.25, 0.3) is 22.2 Å². The number of benzene rings is 2. The zero-order chi connectivity index (χ0) is 24.8. The van der Waals surface area contributed by atoms with E-state index >= 15 is 0 Å². The lowest BCUT2D eigenvalue weighted by Gasteiger charge is -2.22. The van der Waals surface area contributed by atoms with Gasteiger partial charge in [-0.2, -0.15) is 0 Å². The van der Waals surface area contributed by atoms with Crippen LogP contribution in [0.2, 0.25) is 0 Å². The number of hydrogen-bond donors (Lipinski definition) is 1. The number of nitrogens with zero attached hydrogens (tertiary/aromatic N) is 2. The number of aromatic nitrogens is 2. The highest BCUT2D eigenvalue weighted by Gasteiger charge is 2.31. The summed E-state index contributed by atoms with van der Waals surface area (Å²) in [6.45, 7) is 7.51. The van der Waals surface area contributed by atoms with Crippen molar-refractivity contribution in [1.82, 2.24) is 14.5 Å². The van der Waals surface area contributed by atoms with E-state index in [1.54, 1.807) is 7.05 Å². The number of carbonyl (C=O) groups excluding carboxylic acids is 3. The fraction of sp³-hybridized carbons (Fsp3) is 0.385. The molecule has 0 radical (unpaired) electrons. The Kier molecular flexibility index (Phi) is 5.93. The van der Waals surface area contributed by atoms with Gasteiger partial charge in [-0.1, -0.05) is 24.3 Å². The van der Waals surface area contributed by atoms with Crippen LogP contribution in [0.4, 0.5) is 0 Å². The Labute approximate surface area is 197 Å². The zero-order valence-electron chi connectivity index (χ0n) is 20.1. The molecule has 0 aliphatic carbocycles. The molecule has 1 aliphatic heterocycles. The molecule has 1 fully saturated rings. The second-order valence-corrected chi connectivity index (χ2v) is 9.79. The number of esters is 1. The molecule has 3 aromatic rings. The third-order valence-corrected chi connectivity index (χ3v) is 5.98. The molecule has 178 valence electrons. The van der Waals surface area contributed by atoms with E-state index in [0.717, 1.165) is 22.3 Å². The van der Waals surface area contributed by atoms with Crippen molar-refractivity contribution in [3.8, 4) is 11.1 Å². The number of fused-ring (bicyclic) bond motifs is 1. The molecule has 0 spiro atoms. The number of imide groups is 1. The molecule has 1 unspecified atom stereocenters. The van der Waals surface area contributed by atoms with Crippen molar-refractivity contribution >= 4 is 28.8 Å². The summed E-state index contributed by atoms with van der Waals surface area (Å²) in [6.07, 6.45) is 0.691. The van der Waals surface area contributed by atoms with Crippen LogP contribution in [0.3, 0.4) is 0 Å². The third kappa shape index (κ3) is 4.53. The third-order valence-electron chi connectivity index (χ3n) is 5.98. The lowest BCUT2D eigenvalue weighted by atomic mass is 9.97. The van der Waals surface area contributed by atoms with Crippen LogP contribution in [0, 0.1) is 6.92 Å². The predicted molar refractivity (Wildman–Crippen MR) is 128 cm³/mol. The van der Waals surface area contributed by atoms with Crippen molar-refractivity contribution in [3.63, 3.8) is 0 Å². The Morgan fingerprint density at radius 3 is 2.47 bits per heavy atom. The molecule has 1 aliphatic rings. The van der Waals surface area contributed by atoms with Crippen molar-refractivity contribution < 1.29 is 19.1 Å². The summed E-state index contributed by atoms with van der Waals surface area (Å²) >= 11 is 0.